The fourth-order valence-electron chi connectivity index (χ4n) is 2.24. The monoisotopic (exact) mass is 253 g/mol. The van der Waals surface area contributed by atoms with Crippen LogP contribution in [0, 0.1) is 6.92 Å². The highest BCUT2D eigenvalue weighted by Gasteiger charge is 2.28. The molecule has 4 heteroatoms. The van der Waals surface area contributed by atoms with Crippen molar-refractivity contribution in [2.45, 2.75) is 25.8 Å². The summed E-state index contributed by atoms with van der Waals surface area (Å²) in [5.74, 6) is -0.0127. The Morgan fingerprint density at radius 1 is 1.59 bits per heavy atom. The van der Waals surface area contributed by atoms with E-state index in [-0.39, 0.29) is 18.6 Å². The van der Waals surface area contributed by atoms with Gasteiger partial charge in [0.2, 0.25) is 0 Å². The Balaban J connectivity index is 2.21. The molecule has 1 heterocycles. The van der Waals surface area contributed by atoms with Crippen LogP contribution in [0.15, 0.2) is 18.2 Å². The van der Waals surface area contributed by atoms with Crippen molar-refractivity contribution in [1.29, 1.82) is 0 Å². The zero-order valence-corrected chi connectivity index (χ0v) is 10.6. The van der Waals surface area contributed by atoms with Gasteiger partial charge in [-0.3, -0.25) is 4.79 Å². The number of carbonyl (C=O) groups is 1. The van der Waals surface area contributed by atoms with E-state index in [0.29, 0.717) is 10.6 Å². The fourth-order valence-corrected chi connectivity index (χ4v) is 2.35. The van der Waals surface area contributed by atoms with Crippen LogP contribution < -0.4 is 0 Å². The highest BCUT2D eigenvalue weighted by molar-refractivity contribution is 6.31. The van der Waals surface area contributed by atoms with Crippen LogP contribution in [-0.4, -0.2) is 35.1 Å². The van der Waals surface area contributed by atoms with Gasteiger partial charge < -0.3 is 10.0 Å². The molecule has 1 fully saturated rings. The Hall–Kier alpha value is -1.06. The number of aliphatic hydroxyl groups is 1. The summed E-state index contributed by atoms with van der Waals surface area (Å²) in [7, 11) is 0. The maximum absolute atomic E-state index is 12.3. The minimum absolute atomic E-state index is 0.0127. The second-order valence-electron chi connectivity index (χ2n) is 4.44. The SMILES string of the molecule is Cc1cc(C(=O)N2CCC[C@H]2CO)ccc1Cl. The molecular weight excluding hydrogens is 238 g/mol. The molecule has 0 radical (unpaired) electrons. The number of nitrogens with zero attached hydrogens (tertiary/aromatic N) is 1. The Bertz CT molecular complexity index is 433. The van der Waals surface area contributed by atoms with Gasteiger partial charge in [0.15, 0.2) is 0 Å². The summed E-state index contributed by atoms with van der Waals surface area (Å²) < 4.78 is 0. The Labute approximate surface area is 106 Å². The molecule has 2 rings (SSSR count). The molecule has 1 saturated heterocycles. The predicted molar refractivity (Wildman–Crippen MR) is 67.3 cm³/mol. The Morgan fingerprint density at radius 3 is 3.00 bits per heavy atom. The molecule has 0 unspecified atom stereocenters. The van der Waals surface area contributed by atoms with Crippen molar-refractivity contribution >= 4 is 17.5 Å². The Morgan fingerprint density at radius 2 is 2.35 bits per heavy atom. The molecule has 3 nitrogen and oxygen atoms in total. The number of amides is 1. The van der Waals surface area contributed by atoms with Crippen LogP contribution in [0.4, 0.5) is 0 Å². The maximum Gasteiger partial charge on any atom is 0.254 e. The molecule has 92 valence electrons. The van der Waals surface area contributed by atoms with E-state index in [0.717, 1.165) is 24.9 Å². The maximum atomic E-state index is 12.3. The predicted octanol–water partition coefficient (Wildman–Crippen LogP) is 2.25. The summed E-state index contributed by atoms with van der Waals surface area (Å²) in [5, 5.41) is 9.88. The molecule has 0 saturated carbocycles. The van der Waals surface area contributed by atoms with Crippen LogP contribution in [0.3, 0.4) is 0 Å². The number of rotatable bonds is 2. The number of carbonyl (C=O) groups excluding carboxylic acids is 1. The summed E-state index contributed by atoms with van der Waals surface area (Å²) >= 11 is 5.94. The van der Waals surface area contributed by atoms with Gasteiger partial charge in [0.25, 0.3) is 5.91 Å². The molecule has 1 aliphatic rings. The van der Waals surface area contributed by atoms with Gasteiger partial charge in [-0.15, -0.1) is 0 Å². The third-order valence-corrected chi connectivity index (χ3v) is 3.68. The zero-order valence-electron chi connectivity index (χ0n) is 9.82. The van der Waals surface area contributed by atoms with Crippen molar-refractivity contribution in [1.82, 2.24) is 4.90 Å². The molecular formula is C13H16ClNO2. The van der Waals surface area contributed by atoms with Crippen LogP contribution in [0.5, 0.6) is 0 Å². The first-order valence-corrected chi connectivity index (χ1v) is 6.19. The lowest BCUT2D eigenvalue weighted by atomic mass is 10.1. The minimum Gasteiger partial charge on any atom is -0.394 e. The third-order valence-electron chi connectivity index (χ3n) is 3.25. The smallest absolute Gasteiger partial charge is 0.254 e. The van der Waals surface area contributed by atoms with Gasteiger partial charge in [-0.25, -0.2) is 0 Å². The molecule has 1 atom stereocenters. The van der Waals surface area contributed by atoms with Gasteiger partial charge >= 0.3 is 0 Å². The number of likely N-dealkylation sites (tertiary alicyclic amines) is 1. The number of hydrogen-bond donors (Lipinski definition) is 1. The Kier molecular flexibility index (Phi) is 3.69. The summed E-state index contributed by atoms with van der Waals surface area (Å²) in [6.45, 7) is 2.65. The topological polar surface area (TPSA) is 40.5 Å². The largest absolute Gasteiger partial charge is 0.394 e. The molecule has 1 amide bonds. The fraction of sp³-hybridized carbons (Fsp3) is 0.462. The van der Waals surface area contributed by atoms with E-state index in [1.54, 1.807) is 23.1 Å². The quantitative estimate of drug-likeness (QED) is 0.878. The average molecular weight is 254 g/mol. The lowest BCUT2D eigenvalue weighted by molar-refractivity contribution is 0.0677. The lowest BCUT2D eigenvalue weighted by Crippen LogP contribution is -2.37. The molecule has 1 aliphatic heterocycles. The second kappa shape index (κ2) is 5.07. The van der Waals surface area contributed by atoms with E-state index in [9.17, 15) is 9.90 Å². The molecule has 1 N–H and O–H groups in total. The summed E-state index contributed by atoms with van der Waals surface area (Å²) in [5.41, 5.74) is 1.55. The number of aryl methyl sites for hydroxylation is 1. The van der Waals surface area contributed by atoms with Crippen LogP contribution >= 0.6 is 11.6 Å². The number of benzene rings is 1. The molecule has 0 aliphatic carbocycles. The van der Waals surface area contributed by atoms with E-state index >= 15 is 0 Å². The standard InChI is InChI=1S/C13H16ClNO2/c1-9-7-10(4-5-12(9)14)13(17)15-6-2-3-11(15)8-16/h4-5,7,11,16H,2-3,6,8H2,1H3/t11-/m0/s1. The molecule has 1 aromatic carbocycles. The van der Waals surface area contributed by atoms with E-state index in [1.165, 1.54) is 0 Å². The van der Waals surface area contributed by atoms with Crippen LogP contribution in [0.2, 0.25) is 5.02 Å². The second-order valence-corrected chi connectivity index (χ2v) is 4.85. The highest BCUT2D eigenvalue weighted by Crippen LogP contribution is 2.22. The first kappa shape index (κ1) is 12.4. The summed E-state index contributed by atoms with van der Waals surface area (Å²) in [4.78, 5) is 14.0. The van der Waals surface area contributed by atoms with Crippen LogP contribution in [-0.2, 0) is 0 Å². The number of hydrogen-bond acceptors (Lipinski definition) is 2. The van der Waals surface area contributed by atoms with Gasteiger partial charge in [0.05, 0.1) is 12.6 Å². The van der Waals surface area contributed by atoms with Gasteiger partial charge in [-0.2, -0.15) is 0 Å². The van der Waals surface area contributed by atoms with E-state index in [2.05, 4.69) is 0 Å². The zero-order chi connectivity index (χ0) is 12.4. The van der Waals surface area contributed by atoms with E-state index < -0.39 is 0 Å². The van der Waals surface area contributed by atoms with Gasteiger partial charge in [-0.1, -0.05) is 11.6 Å². The molecule has 1 aromatic rings. The first-order valence-electron chi connectivity index (χ1n) is 5.81. The van der Waals surface area contributed by atoms with Crippen molar-refractivity contribution in [3.63, 3.8) is 0 Å². The van der Waals surface area contributed by atoms with E-state index in [4.69, 9.17) is 11.6 Å². The normalized spacial score (nSPS) is 19.7. The third kappa shape index (κ3) is 2.45. The summed E-state index contributed by atoms with van der Waals surface area (Å²) in [6.07, 6.45) is 1.85. The number of halogens is 1. The van der Waals surface area contributed by atoms with Gasteiger partial charge in [-0.05, 0) is 43.5 Å². The van der Waals surface area contributed by atoms with Crippen LogP contribution in [0.1, 0.15) is 28.8 Å². The van der Waals surface area contributed by atoms with E-state index in [1.807, 2.05) is 6.92 Å². The lowest BCUT2D eigenvalue weighted by Gasteiger charge is -2.23. The first-order chi connectivity index (χ1) is 8.13. The molecule has 0 aromatic heterocycles. The summed E-state index contributed by atoms with van der Waals surface area (Å²) in [6, 6.07) is 5.26. The minimum atomic E-state index is -0.0292. The van der Waals surface area contributed by atoms with Crippen LogP contribution in [0.25, 0.3) is 0 Å². The number of aliphatic hydroxyl groups excluding tert-OH is 1. The van der Waals surface area contributed by atoms with Crippen molar-refractivity contribution < 1.29 is 9.90 Å². The van der Waals surface area contributed by atoms with Crippen molar-refractivity contribution in [3.8, 4) is 0 Å². The van der Waals surface area contributed by atoms with Gasteiger partial charge in [0, 0.05) is 17.1 Å². The van der Waals surface area contributed by atoms with Crippen molar-refractivity contribution in [2.24, 2.45) is 0 Å². The van der Waals surface area contributed by atoms with Crippen molar-refractivity contribution in [3.05, 3.63) is 34.3 Å². The average Bonchev–Trinajstić information content (AvgIpc) is 2.80. The molecule has 0 spiro atoms. The molecule has 0 bridgehead atoms. The van der Waals surface area contributed by atoms with Crippen molar-refractivity contribution in [2.75, 3.05) is 13.2 Å². The van der Waals surface area contributed by atoms with Gasteiger partial charge in [0.1, 0.15) is 0 Å². The molecule has 17 heavy (non-hydrogen) atoms. The highest BCUT2D eigenvalue weighted by atomic mass is 35.5.